The molecule has 0 saturated heterocycles. The molecule has 0 saturated carbocycles. The second kappa shape index (κ2) is 8.30. The number of aromatic nitrogens is 2. The van der Waals surface area contributed by atoms with E-state index in [1.54, 1.807) is 0 Å². The molecular weight excluding hydrogens is 222 g/mol. The van der Waals surface area contributed by atoms with Crippen molar-refractivity contribution in [1.82, 2.24) is 14.9 Å². The second-order valence-corrected chi connectivity index (χ2v) is 5.19. The van der Waals surface area contributed by atoms with E-state index < -0.39 is 0 Å². The SMILES string of the molecule is CCCCC(CC)CC(NCC)c1cncn1C. The standard InChI is InChI=1S/C15H29N3/c1-5-8-9-13(6-2)10-14(17-7-3)15-11-16-12-18(15)4/h11-14,17H,5-10H2,1-4H3. The Hall–Kier alpha value is -0.830. The van der Waals surface area contributed by atoms with Crippen LogP contribution in [0.4, 0.5) is 0 Å². The van der Waals surface area contributed by atoms with Gasteiger partial charge in [0, 0.05) is 19.3 Å². The molecule has 1 heterocycles. The number of nitrogens with zero attached hydrogens (tertiary/aromatic N) is 2. The van der Waals surface area contributed by atoms with Crippen molar-refractivity contribution < 1.29 is 0 Å². The van der Waals surface area contributed by atoms with Gasteiger partial charge in [0.05, 0.1) is 12.0 Å². The van der Waals surface area contributed by atoms with Gasteiger partial charge in [0.1, 0.15) is 0 Å². The summed E-state index contributed by atoms with van der Waals surface area (Å²) in [7, 11) is 2.08. The lowest BCUT2D eigenvalue weighted by Gasteiger charge is -2.23. The van der Waals surface area contributed by atoms with Crippen molar-refractivity contribution in [2.45, 2.75) is 58.9 Å². The van der Waals surface area contributed by atoms with E-state index in [4.69, 9.17) is 0 Å². The molecule has 0 bridgehead atoms. The minimum Gasteiger partial charge on any atom is -0.336 e. The van der Waals surface area contributed by atoms with Crippen LogP contribution in [-0.2, 0) is 7.05 Å². The maximum atomic E-state index is 4.24. The van der Waals surface area contributed by atoms with Gasteiger partial charge in [-0.05, 0) is 18.9 Å². The van der Waals surface area contributed by atoms with E-state index in [9.17, 15) is 0 Å². The average molecular weight is 251 g/mol. The molecule has 0 aliphatic carbocycles. The fraction of sp³-hybridized carbons (Fsp3) is 0.800. The maximum Gasteiger partial charge on any atom is 0.0946 e. The van der Waals surface area contributed by atoms with Gasteiger partial charge in [-0.15, -0.1) is 0 Å². The number of nitrogens with one attached hydrogen (secondary N) is 1. The summed E-state index contributed by atoms with van der Waals surface area (Å²) in [5.41, 5.74) is 1.31. The molecule has 3 heteroatoms. The fourth-order valence-corrected chi connectivity index (χ4v) is 2.57. The summed E-state index contributed by atoms with van der Waals surface area (Å²) < 4.78 is 2.14. The van der Waals surface area contributed by atoms with Crippen LogP contribution in [0.2, 0.25) is 0 Å². The molecule has 2 atom stereocenters. The lowest BCUT2D eigenvalue weighted by molar-refractivity contribution is 0.349. The molecule has 0 spiro atoms. The topological polar surface area (TPSA) is 29.9 Å². The average Bonchev–Trinajstić information content (AvgIpc) is 2.79. The maximum absolute atomic E-state index is 4.24. The first kappa shape index (κ1) is 15.2. The smallest absolute Gasteiger partial charge is 0.0946 e. The molecule has 2 unspecified atom stereocenters. The largest absolute Gasteiger partial charge is 0.336 e. The highest BCUT2D eigenvalue weighted by atomic mass is 15.1. The summed E-state index contributed by atoms with van der Waals surface area (Å²) in [5.74, 6) is 0.823. The van der Waals surface area contributed by atoms with Crippen LogP contribution in [0.1, 0.15) is 64.6 Å². The number of hydrogen-bond acceptors (Lipinski definition) is 2. The lowest BCUT2D eigenvalue weighted by Crippen LogP contribution is -2.25. The van der Waals surface area contributed by atoms with E-state index in [1.165, 1.54) is 37.8 Å². The monoisotopic (exact) mass is 251 g/mol. The van der Waals surface area contributed by atoms with E-state index in [-0.39, 0.29) is 0 Å². The van der Waals surface area contributed by atoms with Gasteiger partial charge in [-0.25, -0.2) is 4.98 Å². The number of unbranched alkanes of at least 4 members (excludes halogenated alkanes) is 1. The van der Waals surface area contributed by atoms with Gasteiger partial charge >= 0.3 is 0 Å². The first-order valence-electron chi connectivity index (χ1n) is 7.42. The van der Waals surface area contributed by atoms with E-state index in [1.807, 2.05) is 12.5 Å². The molecule has 104 valence electrons. The first-order valence-corrected chi connectivity index (χ1v) is 7.42. The third kappa shape index (κ3) is 4.45. The van der Waals surface area contributed by atoms with E-state index >= 15 is 0 Å². The summed E-state index contributed by atoms with van der Waals surface area (Å²) in [6.07, 6.45) is 10.4. The quantitative estimate of drug-likeness (QED) is 0.725. The summed E-state index contributed by atoms with van der Waals surface area (Å²) >= 11 is 0. The van der Waals surface area contributed by atoms with Gasteiger partial charge in [0.15, 0.2) is 0 Å². The number of rotatable bonds is 9. The number of hydrogen-bond donors (Lipinski definition) is 1. The Kier molecular flexibility index (Phi) is 7.02. The van der Waals surface area contributed by atoms with Crippen LogP contribution >= 0.6 is 0 Å². The van der Waals surface area contributed by atoms with Gasteiger partial charge in [-0.1, -0.05) is 46.5 Å². The Labute approximate surface area is 112 Å². The fourth-order valence-electron chi connectivity index (χ4n) is 2.57. The van der Waals surface area contributed by atoms with Crippen LogP contribution < -0.4 is 5.32 Å². The lowest BCUT2D eigenvalue weighted by atomic mass is 9.91. The molecule has 3 nitrogen and oxygen atoms in total. The van der Waals surface area contributed by atoms with Crippen molar-refractivity contribution in [1.29, 1.82) is 0 Å². The molecule has 0 aliphatic heterocycles. The third-order valence-corrected chi connectivity index (χ3v) is 3.77. The Bertz CT molecular complexity index is 319. The van der Waals surface area contributed by atoms with Crippen molar-refractivity contribution in [3.05, 3.63) is 18.2 Å². The van der Waals surface area contributed by atoms with Gasteiger partial charge in [0.25, 0.3) is 0 Å². The molecule has 1 rings (SSSR count). The summed E-state index contributed by atoms with van der Waals surface area (Å²) in [5, 5.41) is 3.61. The van der Waals surface area contributed by atoms with Crippen LogP contribution in [0, 0.1) is 5.92 Å². The predicted octanol–water partition coefficient (Wildman–Crippen LogP) is 3.68. The van der Waals surface area contributed by atoms with Crippen LogP contribution in [-0.4, -0.2) is 16.1 Å². The minimum atomic E-state index is 0.448. The van der Waals surface area contributed by atoms with Crippen LogP contribution in [0.25, 0.3) is 0 Å². The molecule has 0 fully saturated rings. The van der Waals surface area contributed by atoms with Crippen LogP contribution in [0.5, 0.6) is 0 Å². The molecule has 0 aliphatic rings. The molecule has 1 aromatic heterocycles. The van der Waals surface area contributed by atoms with Gasteiger partial charge in [-0.3, -0.25) is 0 Å². The molecule has 0 radical (unpaired) electrons. The molecule has 0 aromatic carbocycles. The normalized spacial score (nSPS) is 14.7. The Morgan fingerprint density at radius 1 is 1.33 bits per heavy atom. The minimum absolute atomic E-state index is 0.448. The van der Waals surface area contributed by atoms with Crippen molar-refractivity contribution in [3.63, 3.8) is 0 Å². The highest BCUT2D eigenvalue weighted by molar-refractivity contribution is 5.05. The Morgan fingerprint density at radius 2 is 2.11 bits per heavy atom. The van der Waals surface area contributed by atoms with E-state index in [0.29, 0.717) is 6.04 Å². The Morgan fingerprint density at radius 3 is 2.61 bits per heavy atom. The zero-order valence-electron chi connectivity index (χ0n) is 12.4. The van der Waals surface area contributed by atoms with Crippen molar-refractivity contribution >= 4 is 0 Å². The van der Waals surface area contributed by atoms with E-state index in [0.717, 1.165) is 12.5 Å². The van der Waals surface area contributed by atoms with Crippen molar-refractivity contribution in [2.75, 3.05) is 6.54 Å². The summed E-state index contributed by atoms with van der Waals surface area (Å²) in [6, 6.07) is 0.448. The third-order valence-electron chi connectivity index (χ3n) is 3.77. The first-order chi connectivity index (χ1) is 8.72. The van der Waals surface area contributed by atoms with Crippen molar-refractivity contribution in [2.24, 2.45) is 13.0 Å². The van der Waals surface area contributed by atoms with Crippen LogP contribution in [0.3, 0.4) is 0 Å². The summed E-state index contributed by atoms with van der Waals surface area (Å²) in [4.78, 5) is 4.24. The zero-order chi connectivity index (χ0) is 13.4. The molecule has 1 N–H and O–H groups in total. The van der Waals surface area contributed by atoms with E-state index in [2.05, 4.69) is 42.7 Å². The van der Waals surface area contributed by atoms with Gasteiger partial charge < -0.3 is 9.88 Å². The molecule has 0 amide bonds. The van der Waals surface area contributed by atoms with Gasteiger partial charge in [0.2, 0.25) is 0 Å². The van der Waals surface area contributed by atoms with Crippen molar-refractivity contribution in [3.8, 4) is 0 Å². The highest BCUT2D eigenvalue weighted by Gasteiger charge is 2.18. The Balaban J connectivity index is 2.64. The summed E-state index contributed by atoms with van der Waals surface area (Å²) in [6.45, 7) is 7.78. The zero-order valence-corrected chi connectivity index (χ0v) is 12.4. The molecule has 1 aromatic rings. The number of aryl methyl sites for hydroxylation is 1. The number of imidazole rings is 1. The van der Waals surface area contributed by atoms with Crippen LogP contribution in [0.15, 0.2) is 12.5 Å². The second-order valence-electron chi connectivity index (χ2n) is 5.19. The van der Waals surface area contributed by atoms with Gasteiger partial charge in [-0.2, -0.15) is 0 Å². The highest BCUT2D eigenvalue weighted by Crippen LogP contribution is 2.26. The molecular formula is C15H29N3. The predicted molar refractivity (Wildman–Crippen MR) is 77.5 cm³/mol. The molecule has 18 heavy (non-hydrogen) atoms.